The first kappa shape index (κ1) is 15.6. The van der Waals surface area contributed by atoms with Gasteiger partial charge < -0.3 is 0 Å². The van der Waals surface area contributed by atoms with Gasteiger partial charge in [0.15, 0.2) is 5.84 Å². The maximum atomic E-state index is 6.34. The largest absolute Gasteiger partial charge is 0.295 e. The predicted molar refractivity (Wildman–Crippen MR) is 87.8 cm³/mol. The van der Waals surface area contributed by atoms with Gasteiger partial charge in [-0.05, 0) is 25.0 Å². The third kappa shape index (κ3) is 4.08. The van der Waals surface area contributed by atoms with Crippen LogP contribution >= 0.6 is 11.6 Å². The summed E-state index contributed by atoms with van der Waals surface area (Å²) in [6.45, 7) is 6.17. The summed E-state index contributed by atoms with van der Waals surface area (Å²) in [4.78, 5) is 4.12. The van der Waals surface area contributed by atoms with Crippen LogP contribution < -0.4 is 0 Å². The molecule has 0 bridgehead atoms. The summed E-state index contributed by atoms with van der Waals surface area (Å²) in [6, 6.07) is 7.76. The molecule has 0 radical (unpaired) electrons. The van der Waals surface area contributed by atoms with Crippen molar-refractivity contribution in [2.45, 2.75) is 26.7 Å². The summed E-state index contributed by atoms with van der Waals surface area (Å²) in [5, 5.41) is 7.61. The molecule has 5 heteroatoms. The molecule has 0 saturated heterocycles. The first-order valence-corrected chi connectivity index (χ1v) is 7.70. The van der Waals surface area contributed by atoms with E-state index >= 15 is 0 Å². The Labute approximate surface area is 131 Å². The van der Waals surface area contributed by atoms with Crippen LogP contribution in [0.4, 0.5) is 0 Å². The molecule has 0 amide bonds. The van der Waals surface area contributed by atoms with E-state index in [0.29, 0.717) is 5.02 Å². The third-order valence-electron chi connectivity index (χ3n) is 3.06. The quantitative estimate of drug-likeness (QED) is 0.461. The fourth-order valence-electron chi connectivity index (χ4n) is 2.13. The molecule has 112 valence electrons. The lowest BCUT2D eigenvalue weighted by Gasteiger charge is -2.20. The summed E-state index contributed by atoms with van der Waals surface area (Å²) in [5.74, 6) is 0.806. The highest BCUT2D eigenvalue weighted by atomic mass is 35.5. The average Bonchev–Trinajstić information content (AvgIpc) is 3.00. The number of aromatic nitrogens is 2. The SMILES string of the molecule is CCCN(CCC)/N=C(\c1ccccc1Cl)n1ccnc1. The molecular weight excluding hydrogens is 284 g/mol. The number of nitrogens with zero attached hydrogens (tertiary/aromatic N) is 4. The molecule has 2 aromatic rings. The van der Waals surface area contributed by atoms with E-state index in [1.54, 1.807) is 12.5 Å². The Kier molecular flexibility index (Phi) is 5.81. The second-order valence-corrected chi connectivity index (χ2v) is 5.23. The van der Waals surface area contributed by atoms with E-state index in [9.17, 15) is 0 Å². The van der Waals surface area contributed by atoms with Crippen LogP contribution in [0.15, 0.2) is 48.1 Å². The zero-order valence-electron chi connectivity index (χ0n) is 12.5. The van der Waals surface area contributed by atoms with Crippen LogP contribution in [0.1, 0.15) is 32.3 Å². The van der Waals surface area contributed by atoms with Crippen LogP contribution in [0.3, 0.4) is 0 Å². The van der Waals surface area contributed by atoms with Crippen molar-refractivity contribution in [2.24, 2.45) is 5.10 Å². The van der Waals surface area contributed by atoms with Crippen molar-refractivity contribution in [3.63, 3.8) is 0 Å². The smallest absolute Gasteiger partial charge is 0.166 e. The van der Waals surface area contributed by atoms with Crippen LogP contribution in [0.2, 0.25) is 5.02 Å². The second-order valence-electron chi connectivity index (χ2n) is 4.83. The van der Waals surface area contributed by atoms with Crippen molar-refractivity contribution < 1.29 is 0 Å². The molecular formula is C16H21ClN4. The highest BCUT2D eigenvalue weighted by molar-refractivity contribution is 6.34. The molecule has 0 aliphatic rings. The van der Waals surface area contributed by atoms with Crippen LogP contribution in [0.5, 0.6) is 0 Å². The van der Waals surface area contributed by atoms with E-state index < -0.39 is 0 Å². The van der Waals surface area contributed by atoms with Gasteiger partial charge in [-0.3, -0.25) is 9.58 Å². The molecule has 21 heavy (non-hydrogen) atoms. The van der Waals surface area contributed by atoms with Crippen molar-refractivity contribution in [2.75, 3.05) is 13.1 Å². The Hall–Kier alpha value is -1.81. The standard InChI is InChI=1S/C16H21ClN4/c1-3-10-21(11-4-2)19-16(20-12-9-18-13-20)14-7-5-6-8-15(14)17/h5-9,12-13H,3-4,10-11H2,1-2H3/b19-16+. The number of hydrogen-bond acceptors (Lipinski definition) is 3. The molecule has 0 fully saturated rings. The van der Waals surface area contributed by atoms with Gasteiger partial charge in [-0.25, -0.2) is 4.98 Å². The first-order chi connectivity index (χ1) is 10.3. The fourth-order valence-corrected chi connectivity index (χ4v) is 2.35. The molecule has 0 spiro atoms. The minimum Gasteiger partial charge on any atom is -0.295 e. The zero-order chi connectivity index (χ0) is 15.1. The summed E-state index contributed by atoms with van der Waals surface area (Å²) in [6.07, 6.45) is 7.50. The van der Waals surface area contributed by atoms with Gasteiger partial charge in [0, 0.05) is 31.0 Å². The highest BCUT2D eigenvalue weighted by Crippen LogP contribution is 2.17. The van der Waals surface area contributed by atoms with E-state index in [2.05, 4.69) is 23.8 Å². The van der Waals surface area contributed by atoms with Gasteiger partial charge in [-0.2, -0.15) is 5.10 Å². The summed E-state index contributed by atoms with van der Waals surface area (Å²) < 4.78 is 1.90. The third-order valence-corrected chi connectivity index (χ3v) is 3.39. The monoisotopic (exact) mass is 304 g/mol. The molecule has 4 nitrogen and oxygen atoms in total. The maximum Gasteiger partial charge on any atom is 0.166 e. The lowest BCUT2D eigenvalue weighted by Crippen LogP contribution is -2.24. The average molecular weight is 305 g/mol. The molecule has 0 N–H and O–H groups in total. The van der Waals surface area contributed by atoms with Crippen LogP contribution in [0.25, 0.3) is 0 Å². The van der Waals surface area contributed by atoms with Gasteiger partial charge in [-0.1, -0.05) is 37.6 Å². The summed E-state index contributed by atoms with van der Waals surface area (Å²) in [7, 11) is 0. The number of halogens is 1. The van der Waals surface area contributed by atoms with Crippen molar-refractivity contribution in [1.29, 1.82) is 0 Å². The number of hydrazone groups is 1. The lowest BCUT2D eigenvalue weighted by atomic mass is 10.2. The normalized spacial score (nSPS) is 11.7. The molecule has 1 aromatic carbocycles. The molecule has 1 aromatic heterocycles. The van der Waals surface area contributed by atoms with Crippen molar-refractivity contribution in [3.05, 3.63) is 53.6 Å². The molecule has 0 unspecified atom stereocenters. The van der Waals surface area contributed by atoms with Gasteiger partial charge in [-0.15, -0.1) is 0 Å². The van der Waals surface area contributed by atoms with Gasteiger partial charge in [0.2, 0.25) is 0 Å². The molecule has 1 heterocycles. The van der Waals surface area contributed by atoms with Crippen molar-refractivity contribution in [1.82, 2.24) is 14.6 Å². The van der Waals surface area contributed by atoms with Gasteiger partial charge in [0.05, 0.1) is 5.02 Å². The van der Waals surface area contributed by atoms with E-state index in [4.69, 9.17) is 16.7 Å². The number of imidazole rings is 1. The zero-order valence-corrected chi connectivity index (χ0v) is 13.3. The van der Waals surface area contributed by atoms with Crippen LogP contribution in [-0.2, 0) is 0 Å². The Morgan fingerprint density at radius 3 is 2.52 bits per heavy atom. The Balaban J connectivity index is 2.44. The van der Waals surface area contributed by atoms with Crippen LogP contribution in [-0.4, -0.2) is 33.5 Å². The van der Waals surface area contributed by atoms with Gasteiger partial charge >= 0.3 is 0 Å². The number of benzene rings is 1. The summed E-state index contributed by atoms with van der Waals surface area (Å²) >= 11 is 6.34. The lowest BCUT2D eigenvalue weighted by molar-refractivity contribution is 0.288. The first-order valence-electron chi connectivity index (χ1n) is 7.33. The number of rotatable bonds is 6. The Morgan fingerprint density at radius 1 is 1.24 bits per heavy atom. The predicted octanol–water partition coefficient (Wildman–Crippen LogP) is 3.87. The second kappa shape index (κ2) is 7.84. The van der Waals surface area contributed by atoms with Crippen molar-refractivity contribution in [3.8, 4) is 0 Å². The Bertz CT molecular complexity index is 572. The molecule has 0 aliphatic heterocycles. The van der Waals surface area contributed by atoms with Gasteiger partial charge in [0.1, 0.15) is 6.33 Å². The van der Waals surface area contributed by atoms with E-state index in [0.717, 1.165) is 37.3 Å². The van der Waals surface area contributed by atoms with Crippen LogP contribution in [0, 0.1) is 0 Å². The van der Waals surface area contributed by atoms with E-state index in [-0.39, 0.29) is 0 Å². The summed E-state index contributed by atoms with van der Waals surface area (Å²) in [5.41, 5.74) is 0.911. The maximum absolute atomic E-state index is 6.34. The van der Waals surface area contributed by atoms with E-state index in [1.165, 1.54) is 0 Å². The molecule has 0 atom stereocenters. The highest BCUT2D eigenvalue weighted by Gasteiger charge is 2.12. The molecule has 2 rings (SSSR count). The minimum absolute atomic E-state index is 0.692. The fraction of sp³-hybridized carbons (Fsp3) is 0.375. The molecule has 0 aliphatic carbocycles. The Morgan fingerprint density at radius 2 is 1.95 bits per heavy atom. The number of hydrogen-bond donors (Lipinski definition) is 0. The molecule has 0 saturated carbocycles. The van der Waals surface area contributed by atoms with E-state index in [1.807, 2.05) is 35.0 Å². The minimum atomic E-state index is 0.692. The van der Waals surface area contributed by atoms with Gasteiger partial charge in [0.25, 0.3) is 0 Å². The van der Waals surface area contributed by atoms with Crippen molar-refractivity contribution >= 4 is 17.4 Å². The topological polar surface area (TPSA) is 33.4 Å².